The first kappa shape index (κ1) is 10.6. The molecule has 0 atom stereocenters. The zero-order valence-electron chi connectivity index (χ0n) is 8.66. The molecule has 1 aromatic rings. The molecule has 15 heavy (non-hydrogen) atoms. The lowest BCUT2D eigenvalue weighted by molar-refractivity contribution is -0.120. The van der Waals surface area contributed by atoms with Crippen molar-refractivity contribution in [3.8, 4) is 0 Å². The van der Waals surface area contributed by atoms with Crippen LogP contribution in [0.1, 0.15) is 17.7 Å². The minimum absolute atomic E-state index is 0.110. The normalized spacial score (nSPS) is 15.2. The zero-order chi connectivity index (χ0) is 10.5. The number of nitrogens with one attached hydrogen (secondary N) is 2. The van der Waals surface area contributed by atoms with E-state index in [9.17, 15) is 4.79 Å². The summed E-state index contributed by atoms with van der Waals surface area (Å²) < 4.78 is 0. The van der Waals surface area contributed by atoms with E-state index in [2.05, 4.69) is 16.7 Å². The lowest BCUT2D eigenvalue weighted by atomic mass is 10.4. The molecule has 1 heterocycles. The highest BCUT2D eigenvalue weighted by atomic mass is 32.1. The van der Waals surface area contributed by atoms with Crippen LogP contribution in [0, 0.1) is 5.92 Å². The van der Waals surface area contributed by atoms with E-state index in [4.69, 9.17) is 0 Å². The highest BCUT2D eigenvalue weighted by molar-refractivity contribution is 7.09. The van der Waals surface area contributed by atoms with Gasteiger partial charge in [0, 0.05) is 18.0 Å². The molecular weight excluding hydrogens is 208 g/mol. The minimum atomic E-state index is 0.110. The van der Waals surface area contributed by atoms with Crippen LogP contribution in [0.4, 0.5) is 0 Å². The van der Waals surface area contributed by atoms with Gasteiger partial charge in [0.25, 0.3) is 0 Å². The van der Waals surface area contributed by atoms with E-state index in [0.29, 0.717) is 6.54 Å². The predicted molar refractivity (Wildman–Crippen MR) is 61.8 cm³/mol. The molecular formula is C11H16N2OS. The summed E-state index contributed by atoms with van der Waals surface area (Å²) in [5.41, 5.74) is 0. The Kier molecular flexibility index (Phi) is 3.75. The molecule has 0 unspecified atom stereocenters. The van der Waals surface area contributed by atoms with Crippen molar-refractivity contribution in [3.05, 3.63) is 22.4 Å². The highest BCUT2D eigenvalue weighted by Crippen LogP contribution is 2.27. The Hall–Kier alpha value is -0.870. The molecule has 1 fully saturated rings. The van der Waals surface area contributed by atoms with Crippen molar-refractivity contribution in [1.82, 2.24) is 10.6 Å². The molecule has 2 N–H and O–H groups in total. The first-order chi connectivity index (χ1) is 7.34. The molecule has 4 heteroatoms. The largest absolute Gasteiger partial charge is 0.355 e. The van der Waals surface area contributed by atoms with Crippen LogP contribution in [-0.2, 0) is 11.3 Å². The van der Waals surface area contributed by atoms with E-state index >= 15 is 0 Å². The molecule has 1 saturated carbocycles. The van der Waals surface area contributed by atoms with Crippen molar-refractivity contribution in [3.63, 3.8) is 0 Å². The molecule has 0 aliphatic heterocycles. The lowest BCUT2D eigenvalue weighted by Gasteiger charge is -2.04. The Morgan fingerprint density at radius 1 is 1.53 bits per heavy atom. The number of carbonyl (C=O) groups is 1. The van der Waals surface area contributed by atoms with Crippen molar-refractivity contribution < 1.29 is 4.79 Å². The number of rotatable bonds is 6. The molecule has 82 valence electrons. The summed E-state index contributed by atoms with van der Waals surface area (Å²) in [4.78, 5) is 12.6. The van der Waals surface area contributed by atoms with Crippen molar-refractivity contribution in [2.24, 2.45) is 5.92 Å². The molecule has 1 amide bonds. The molecule has 1 aliphatic rings. The van der Waals surface area contributed by atoms with Gasteiger partial charge in [0.1, 0.15) is 0 Å². The van der Waals surface area contributed by atoms with Gasteiger partial charge >= 0.3 is 0 Å². The van der Waals surface area contributed by atoms with Gasteiger partial charge in [-0.1, -0.05) is 6.07 Å². The summed E-state index contributed by atoms with van der Waals surface area (Å²) >= 11 is 1.71. The first-order valence-corrected chi connectivity index (χ1v) is 6.22. The second-order valence-electron chi connectivity index (χ2n) is 3.93. The summed E-state index contributed by atoms with van der Waals surface area (Å²) in [5, 5.41) is 8.10. The summed E-state index contributed by atoms with van der Waals surface area (Å²) in [7, 11) is 0. The molecule has 2 rings (SSSR count). The third-order valence-electron chi connectivity index (χ3n) is 2.45. The smallest absolute Gasteiger partial charge is 0.233 e. The fourth-order valence-corrected chi connectivity index (χ4v) is 2.03. The van der Waals surface area contributed by atoms with Crippen molar-refractivity contribution >= 4 is 17.2 Å². The molecule has 0 saturated heterocycles. The zero-order valence-corrected chi connectivity index (χ0v) is 9.48. The maximum absolute atomic E-state index is 11.3. The van der Waals surface area contributed by atoms with Crippen molar-refractivity contribution in [1.29, 1.82) is 0 Å². The van der Waals surface area contributed by atoms with Gasteiger partial charge < -0.3 is 10.6 Å². The van der Waals surface area contributed by atoms with Gasteiger partial charge in [-0.2, -0.15) is 0 Å². The average molecular weight is 224 g/mol. The van der Waals surface area contributed by atoms with E-state index in [1.165, 1.54) is 17.7 Å². The molecule has 0 aromatic carbocycles. The summed E-state index contributed by atoms with van der Waals surface area (Å²) in [6.07, 6.45) is 2.56. The fourth-order valence-electron chi connectivity index (χ4n) is 1.36. The molecule has 0 radical (unpaired) electrons. The third-order valence-corrected chi connectivity index (χ3v) is 3.33. The van der Waals surface area contributed by atoms with E-state index < -0.39 is 0 Å². The number of amides is 1. The van der Waals surface area contributed by atoms with Gasteiger partial charge in [-0.3, -0.25) is 4.79 Å². The maximum Gasteiger partial charge on any atom is 0.233 e. The van der Waals surface area contributed by atoms with Crippen LogP contribution in [-0.4, -0.2) is 19.0 Å². The van der Waals surface area contributed by atoms with E-state index in [1.807, 2.05) is 11.4 Å². The van der Waals surface area contributed by atoms with Gasteiger partial charge in [-0.25, -0.2) is 0 Å². The van der Waals surface area contributed by atoms with Gasteiger partial charge in [0.2, 0.25) is 5.91 Å². The quantitative estimate of drug-likeness (QED) is 0.766. The van der Waals surface area contributed by atoms with E-state index in [1.54, 1.807) is 11.3 Å². The topological polar surface area (TPSA) is 41.1 Å². The summed E-state index contributed by atoms with van der Waals surface area (Å²) in [6.45, 7) is 2.07. The monoisotopic (exact) mass is 224 g/mol. The Morgan fingerprint density at radius 2 is 2.40 bits per heavy atom. The SMILES string of the molecule is O=C(CNCc1cccs1)NCC1CC1. The van der Waals surface area contributed by atoms with Crippen LogP contribution < -0.4 is 10.6 Å². The standard InChI is InChI=1S/C11H16N2OS/c14-11(13-6-9-3-4-9)8-12-7-10-2-1-5-15-10/h1-2,5,9,12H,3-4,6-8H2,(H,13,14). The maximum atomic E-state index is 11.3. The number of hydrogen-bond acceptors (Lipinski definition) is 3. The second kappa shape index (κ2) is 5.28. The first-order valence-electron chi connectivity index (χ1n) is 5.34. The molecule has 3 nitrogen and oxygen atoms in total. The highest BCUT2D eigenvalue weighted by Gasteiger charge is 2.21. The van der Waals surface area contributed by atoms with Crippen LogP contribution in [0.25, 0.3) is 0 Å². The minimum Gasteiger partial charge on any atom is -0.355 e. The number of hydrogen-bond donors (Lipinski definition) is 2. The van der Waals surface area contributed by atoms with Gasteiger partial charge in [-0.15, -0.1) is 11.3 Å². The lowest BCUT2D eigenvalue weighted by Crippen LogP contribution is -2.34. The van der Waals surface area contributed by atoms with Crippen molar-refractivity contribution in [2.75, 3.05) is 13.1 Å². The van der Waals surface area contributed by atoms with Gasteiger partial charge in [-0.05, 0) is 30.2 Å². The van der Waals surface area contributed by atoms with Crippen LogP contribution in [0.3, 0.4) is 0 Å². The number of thiophene rings is 1. The Bertz CT molecular complexity index is 306. The predicted octanol–water partition coefficient (Wildman–Crippen LogP) is 1.36. The summed E-state index contributed by atoms with van der Waals surface area (Å²) in [5.74, 6) is 0.865. The van der Waals surface area contributed by atoms with Crippen LogP contribution >= 0.6 is 11.3 Å². The Morgan fingerprint density at radius 3 is 3.07 bits per heavy atom. The molecule has 0 spiro atoms. The third kappa shape index (κ3) is 4.01. The average Bonchev–Trinajstić information content (AvgIpc) is 2.92. The van der Waals surface area contributed by atoms with Gasteiger partial charge in [0.15, 0.2) is 0 Å². The van der Waals surface area contributed by atoms with Crippen LogP contribution in [0.15, 0.2) is 17.5 Å². The molecule has 1 aliphatic carbocycles. The Balaban J connectivity index is 1.54. The van der Waals surface area contributed by atoms with Crippen LogP contribution in [0.2, 0.25) is 0 Å². The fraction of sp³-hybridized carbons (Fsp3) is 0.545. The second-order valence-corrected chi connectivity index (χ2v) is 4.96. The van der Waals surface area contributed by atoms with Crippen LogP contribution in [0.5, 0.6) is 0 Å². The van der Waals surface area contributed by atoms with E-state index in [-0.39, 0.29) is 5.91 Å². The van der Waals surface area contributed by atoms with E-state index in [0.717, 1.165) is 19.0 Å². The molecule has 0 bridgehead atoms. The van der Waals surface area contributed by atoms with Gasteiger partial charge in [0.05, 0.1) is 6.54 Å². The number of carbonyl (C=O) groups excluding carboxylic acids is 1. The molecule has 1 aromatic heterocycles. The van der Waals surface area contributed by atoms with Crippen molar-refractivity contribution in [2.45, 2.75) is 19.4 Å². The Labute approximate surface area is 93.9 Å². The summed E-state index contributed by atoms with van der Waals surface area (Å²) in [6, 6.07) is 4.09.